The molecule has 0 saturated carbocycles. The van der Waals surface area contributed by atoms with Crippen molar-refractivity contribution in [3.05, 3.63) is 35.4 Å². The van der Waals surface area contributed by atoms with Crippen LogP contribution in [0.4, 0.5) is 13.2 Å². The van der Waals surface area contributed by atoms with Crippen molar-refractivity contribution in [3.8, 4) is 0 Å². The van der Waals surface area contributed by atoms with Crippen molar-refractivity contribution in [2.24, 2.45) is 5.92 Å². The van der Waals surface area contributed by atoms with Gasteiger partial charge in [0.15, 0.2) is 6.04 Å². The van der Waals surface area contributed by atoms with Crippen LogP contribution in [-0.2, 0) is 4.79 Å². The quantitative estimate of drug-likeness (QED) is 0.886. The number of aryl methyl sites for hydroxylation is 1. The first-order valence-electron chi connectivity index (χ1n) is 5.65. The fourth-order valence-electron chi connectivity index (χ4n) is 1.42. The van der Waals surface area contributed by atoms with Gasteiger partial charge in [0.25, 0.3) is 0 Å². The minimum absolute atomic E-state index is 0.0436. The second kappa shape index (κ2) is 5.42. The zero-order valence-corrected chi connectivity index (χ0v) is 10.5. The number of carbonyl (C=O) groups excluding carboxylic acids is 1. The van der Waals surface area contributed by atoms with Crippen LogP contribution in [0.15, 0.2) is 24.3 Å². The molecule has 5 heteroatoms. The Morgan fingerprint density at radius 1 is 1.17 bits per heavy atom. The number of carbonyl (C=O) groups is 1. The maximum atomic E-state index is 12.9. The smallest absolute Gasteiger partial charge is 0.341 e. The van der Waals surface area contributed by atoms with E-state index in [4.69, 9.17) is 0 Å². The minimum Gasteiger partial charge on any atom is -0.341 e. The third-order valence-electron chi connectivity index (χ3n) is 2.55. The van der Waals surface area contributed by atoms with E-state index in [1.54, 1.807) is 32.9 Å². The number of hydrogen-bond donors (Lipinski definition) is 1. The predicted octanol–water partition coefficient (Wildman–Crippen LogP) is 3.37. The number of nitrogens with one attached hydrogen (secondary N) is 1. The van der Waals surface area contributed by atoms with Gasteiger partial charge in [-0.1, -0.05) is 43.7 Å². The maximum Gasteiger partial charge on any atom is 0.412 e. The van der Waals surface area contributed by atoms with Gasteiger partial charge in [-0.25, -0.2) is 0 Å². The zero-order chi connectivity index (χ0) is 13.9. The van der Waals surface area contributed by atoms with Gasteiger partial charge in [-0.2, -0.15) is 13.2 Å². The molecule has 0 heterocycles. The standard InChI is InChI=1S/C13H16F3NO/c1-8(2)12(18)17-11(13(14,15)16)10-6-4-9(3)5-7-10/h4-8,11H,1-3H3,(H,17,18)/t11-/m0/s1. The highest BCUT2D eigenvalue weighted by Crippen LogP contribution is 2.32. The monoisotopic (exact) mass is 259 g/mol. The molecule has 0 aliphatic heterocycles. The van der Waals surface area contributed by atoms with Gasteiger partial charge >= 0.3 is 6.18 Å². The van der Waals surface area contributed by atoms with Crippen molar-refractivity contribution in [2.75, 3.05) is 0 Å². The summed E-state index contributed by atoms with van der Waals surface area (Å²) in [6.45, 7) is 4.90. The first kappa shape index (κ1) is 14.5. The van der Waals surface area contributed by atoms with E-state index in [0.717, 1.165) is 5.56 Å². The second-order valence-corrected chi connectivity index (χ2v) is 4.55. The highest BCUT2D eigenvalue weighted by molar-refractivity contribution is 5.78. The van der Waals surface area contributed by atoms with E-state index in [-0.39, 0.29) is 5.56 Å². The van der Waals surface area contributed by atoms with Gasteiger partial charge in [0.05, 0.1) is 0 Å². The summed E-state index contributed by atoms with van der Waals surface area (Å²) in [5.41, 5.74) is 0.914. The van der Waals surface area contributed by atoms with Crippen LogP contribution < -0.4 is 5.32 Å². The molecule has 1 aromatic carbocycles. The largest absolute Gasteiger partial charge is 0.412 e. The van der Waals surface area contributed by atoms with E-state index in [2.05, 4.69) is 0 Å². The first-order chi connectivity index (χ1) is 8.21. The van der Waals surface area contributed by atoms with E-state index in [1.165, 1.54) is 12.1 Å². The van der Waals surface area contributed by atoms with Crippen molar-refractivity contribution in [1.82, 2.24) is 5.32 Å². The Balaban J connectivity index is 2.99. The molecule has 0 bridgehead atoms. The van der Waals surface area contributed by atoms with Crippen molar-refractivity contribution in [2.45, 2.75) is 33.0 Å². The molecule has 1 aromatic rings. The molecule has 0 unspecified atom stereocenters. The Hall–Kier alpha value is -1.52. The Kier molecular flexibility index (Phi) is 4.38. The van der Waals surface area contributed by atoms with Crippen LogP contribution in [-0.4, -0.2) is 12.1 Å². The van der Waals surface area contributed by atoms with E-state index < -0.39 is 24.0 Å². The van der Waals surface area contributed by atoms with Crippen molar-refractivity contribution >= 4 is 5.91 Å². The van der Waals surface area contributed by atoms with E-state index in [0.29, 0.717) is 0 Å². The van der Waals surface area contributed by atoms with Gasteiger partial charge in [0, 0.05) is 5.92 Å². The summed E-state index contributed by atoms with van der Waals surface area (Å²) in [6, 6.07) is 4.00. The fourth-order valence-corrected chi connectivity index (χ4v) is 1.42. The number of halogens is 3. The number of hydrogen-bond acceptors (Lipinski definition) is 1. The summed E-state index contributed by atoms with van der Waals surface area (Å²) in [5.74, 6) is -1.10. The number of benzene rings is 1. The van der Waals surface area contributed by atoms with Crippen LogP contribution in [0.5, 0.6) is 0 Å². The predicted molar refractivity (Wildman–Crippen MR) is 63.0 cm³/mol. The molecule has 18 heavy (non-hydrogen) atoms. The lowest BCUT2D eigenvalue weighted by molar-refractivity contribution is -0.164. The molecular weight excluding hydrogens is 243 g/mol. The number of alkyl halides is 3. The molecule has 2 nitrogen and oxygen atoms in total. The molecule has 1 rings (SSSR count). The molecule has 1 amide bonds. The van der Waals surface area contributed by atoms with E-state index >= 15 is 0 Å². The SMILES string of the molecule is Cc1ccc([C@H](NC(=O)C(C)C)C(F)(F)F)cc1. The molecule has 100 valence electrons. The highest BCUT2D eigenvalue weighted by Gasteiger charge is 2.41. The third-order valence-corrected chi connectivity index (χ3v) is 2.55. The highest BCUT2D eigenvalue weighted by atomic mass is 19.4. The summed E-state index contributed by atoms with van der Waals surface area (Å²) in [6.07, 6.45) is -4.50. The minimum atomic E-state index is -4.50. The second-order valence-electron chi connectivity index (χ2n) is 4.55. The van der Waals surface area contributed by atoms with Crippen LogP contribution in [0.25, 0.3) is 0 Å². The molecule has 1 N–H and O–H groups in total. The molecular formula is C13H16F3NO. The van der Waals surface area contributed by atoms with Crippen LogP contribution in [0.3, 0.4) is 0 Å². The molecule has 0 aliphatic rings. The van der Waals surface area contributed by atoms with Crippen molar-refractivity contribution in [3.63, 3.8) is 0 Å². The first-order valence-corrected chi connectivity index (χ1v) is 5.65. The summed E-state index contributed by atoms with van der Waals surface area (Å²) in [4.78, 5) is 11.4. The fraction of sp³-hybridized carbons (Fsp3) is 0.462. The van der Waals surface area contributed by atoms with E-state index in [1.807, 2.05) is 5.32 Å². The third kappa shape index (κ3) is 3.75. The molecule has 0 aromatic heterocycles. The van der Waals surface area contributed by atoms with Crippen LogP contribution in [0.2, 0.25) is 0 Å². The maximum absolute atomic E-state index is 12.9. The van der Waals surface area contributed by atoms with Gasteiger partial charge in [-0.05, 0) is 12.5 Å². The average Bonchev–Trinajstić information content (AvgIpc) is 2.25. The van der Waals surface area contributed by atoms with Gasteiger partial charge in [0.1, 0.15) is 0 Å². The Morgan fingerprint density at radius 2 is 1.67 bits per heavy atom. The molecule has 0 fully saturated rings. The van der Waals surface area contributed by atoms with Gasteiger partial charge in [-0.3, -0.25) is 4.79 Å². The zero-order valence-electron chi connectivity index (χ0n) is 10.5. The van der Waals surface area contributed by atoms with Crippen molar-refractivity contribution in [1.29, 1.82) is 0 Å². The number of rotatable bonds is 3. The number of amides is 1. The molecule has 0 saturated heterocycles. The van der Waals surface area contributed by atoms with E-state index in [9.17, 15) is 18.0 Å². The van der Waals surface area contributed by atoms with Crippen LogP contribution >= 0.6 is 0 Å². The summed E-state index contributed by atoms with van der Waals surface area (Å²) in [5, 5.41) is 2.03. The van der Waals surface area contributed by atoms with Crippen molar-refractivity contribution < 1.29 is 18.0 Å². The molecule has 0 aliphatic carbocycles. The molecule has 1 atom stereocenters. The lowest BCUT2D eigenvalue weighted by Crippen LogP contribution is -2.40. The van der Waals surface area contributed by atoms with Gasteiger partial charge < -0.3 is 5.32 Å². The summed E-state index contributed by atoms with van der Waals surface area (Å²) < 4.78 is 38.7. The normalized spacial score (nSPS) is 13.5. The van der Waals surface area contributed by atoms with Gasteiger partial charge in [0.2, 0.25) is 5.91 Å². The summed E-state index contributed by atoms with van der Waals surface area (Å²) >= 11 is 0. The molecule has 0 spiro atoms. The average molecular weight is 259 g/mol. The Labute approximate surface area is 104 Å². The van der Waals surface area contributed by atoms with Crippen LogP contribution in [0.1, 0.15) is 31.0 Å². The van der Waals surface area contributed by atoms with Gasteiger partial charge in [-0.15, -0.1) is 0 Å². The Bertz CT molecular complexity index is 409. The topological polar surface area (TPSA) is 29.1 Å². The lowest BCUT2D eigenvalue weighted by atomic mass is 10.0. The Morgan fingerprint density at radius 3 is 2.06 bits per heavy atom. The lowest BCUT2D eigenvalue weighted by Gasteiger charge is -2.23. The molecule has 0 radical (unpaired) electrons. The van der Waals surface area contributed by atoms with Crippen LogP contribution in [0, 0.1) is 12.8 Å². The summed E-state index contributed by atoms with van der Waals surface area (Å²) in [7, 11) is 0.